The van der Waals surface area contributed by atoms with Gasteiger partial charge in [0.25, 0.3) is 5.91 Å². The van der Waals surface area contributed by atoms with E-state index in [4.69, 9.17) is 0 Å². The van der Waals surface area contributed by atoms with Crippen LogP contribution in [0.3, 0.4) is 0 Å². The number of carbonyl (C=O) groups is 2. The number of hydrogen-bond acceptors (Lipinski definition) is 4. The Labute approximate surface area is 185 Å². The van der Waals surface area contributed by atoms with Crippen LogP contribution < -0.4 is 10.2 Å². The second-order valence-electron chi connectivity index (χ2n) is 7.71. The molecule has 1 N–H and O–H groups in total. The van der Waals surface area contributed by atoms with Crippen molar-refractivity contribution < 1.29 is 22.8 Å². The topological polar surface area (TPSA) is 65.5 Å². The molecule has 9 heteroatoms. The van der Waals surface area contributed by atoms with Crippen LogP contribution in [0.5, 0.6) is 0 Å². The number of benzene rings is 1. The lowest BCUT2D eigenvalue weighted by Crippen LogP contribution is -2.38. The summed E-state index contributed by atoms with van der Waals surface area (Å²) in [5.74, 6) is 0.0447. The van der Waals surface area contributed by atoms with Crippen molar-refractivity contribution in [3.05, 3.63) is 53.7 Å². The number of rotatable bonds is 6. The molecule has 6 nitrogen and oxygen atoms in total. The van der Waals surface area contributed by atoms with Crippen LogP contribution in [0.1, 0.15) is 42.6 Å². The molecule has 1 fully saturated rings. The van der Waals surface area contributed by atoms with Crippen LogP contribution in [0.25, 0.3) is 0 Å². The number of anilines is 2. The van der Waals surface area contributed by atoms with Gasteiger partial charge in [0.1, 0.15) is 5.82 Å². The van der Waals surface area contributed by atoms with Gasteiger partial charge in [-0.2, -0.15) is 13.2 Å². The number of pyridine rings is 1. The second-order valence-corrected chi connectivity index (χ2v) is 7.71. The fourth-order valence-electron chi connectivity index (χ4n) is 3.78. The van der Waals surface area contributed by atoms with Gasteiger partial charge in [0, 0.05) is 49.5 Å². The minimum atomic E-state index is -4.41. The van der Waals surface area contributed by atoms with Crippen molar-refractivity contribution in [1.29, 1.82) is 0 Å². The Kier molecular flexibility index (Phi) is 7.37. The minimum Gasteiger partial charge on any atom is -0.357 e. The highest BCUT2D eigenvalue weighted by Crippen LogP contribution is 2.30. The molecule has 32 heavy (non-hydrogen) atoms. The van der Waals surface area contributed by atoms with Crippen molar-refractivity contribution in [3.63, 3.8) is 0 Å². The third-order valence-corrected chi connectivity index (χ3v) is 5.69. The van der Waals surface area contributed by atoms with Crippen molar-refractivity contribution in [3.8, 4) is 0 Å². The zero-order valence-electron chi connectivity index (χ0n) is 18.2. The second kappa shape index (κ2) is 10.0. The number of alkyl halides is 3. The summed E-state index contributed by atoms with van der Waals surface area (Å²) in [7, 11) is 0. The van der Waals surface area contributed by atoms with E-state index in [0.29, 0.717) is 56.1 Å². The van der Waals surface area contributed by atoms with Gasteiger partial charge in [-0.05, 0) is 57.0 Å². The zero-order valence-corrected chi connectivity index (χ0v) is 18.2. The molecule has 1 aromatic carbocycles. The molecule has 172 valence electrons. The first-order valence-electron chi connectivity index (χ1n) is 10.7. The molecule has 1 saturated heterocycles. The number of nitrogens with one attached hydrogen (secondary N) is 1. The van der Waals surface area contributed by atoms with Crippen LogP contribution >= 0.6 is 0 Å². The highest BCUT2D eigenvalue weighted by atomic mass is 19.4. The molecule has 1 aromatic heterocycles. The minimum absolute atomic E-state index is 0.0801. The molecule has 2 aromatic rings. The molecule has 1 aliphatic rings. The first-order valence-corrected chi connectivity index (χ1v) is 10.7. The van der Waals surface area contributed by atoms with Crippen LogP contribution in [0, 0.1) is 5.92 Å². The Bertz CT molecular complexity index is 935. The Morgan fingerprint density at radius 1 is 1.12 bits per heavy atom. The Morgan fingerprint density at radius 2 is 1.81 bits per heavy atom. The van der Waals surface area contributed by atoms with Gasteiger partial charge in [-0.15, -0.1) is 0 Å². The van der Waals surface area contributed by atoms with Gasteiger partial charge in [-0.1, -0.05) is 6.07 Å². The normalized spacial score (nSPS) is 14.8. The molecule has 0 spiro atoms. The Morgan fingerprint density at radius 3 is 2.38 bits per heavy atom. The maximum atomic E-state index is 12.7. The molecule has 0 radical (unpaired) electrons. The van der Waals surface area contributed by atoms with Crippen LogP contribution in [0.2, 0.25) is 0 Å². The predicted molar refractivity (Wildman–Crippen MR) is 116 cm³/mol. The number of amides is 2. The van der Waals surface area contributed by atoms with Crippen LogP contribution in [0.15, 0.2) is 42.6 Å². The summed E-state index contributed by atoms with van der Waals surface area (Å²) >= 11 is 0. The monoisotopic (exact) mass is 448 g/mol. The first-order chi connectivity index (χ1) is 15.2. The van der Waals surface area contributed by atoms with E-state index >= 15 is 0 Å². The SMILES string of the molecule is CCN(CC)C(=O)c1cccc(NC(=O)C2CCN(c3ccc(C(F)(F)F)cn3)CC2)c1. The third kappa shape index (κ3) is 5.57. The van der Waals surface area contributed by atoms with Gasteiger partial charge in [-0.25, -0.2) is 4.98 Å². The molecular weight excluding hydrogens is 421 g/mol. The van der Waals surface area contributed by atoms with E-state index in [-0.39, 0.29) is 17.7 Å². The van der Waals surface area contributed by atoms with Crippen LogP contribution in [0.4, 0.5) is 24.7 Å². The fraction of sp³-hybridized carbons (Fsp3) is 0.435. The van der Waals surface area contributed by atoms with E-state index in [0.717, 1.165) is 12.3 Å². The van der Waals surface area contributed by atoms with Crippen molar-refractivity contribution in [2.75, 3.05) is 36.4 Å². The number of aromatic nitrogens is 1. The van der Waals surface area contributed by atoms with Gasteiger partial charge >= 0.3 is 6.18 Å². The smallest absolute Gasteiger partial charge is 0.357 e. The Hall–Kier alpha value is -3.10. The molecular formula is C23H27F3N4O2. The van der Waals surface area contributed by atoms with E-state index in [1.165, 1.54) is 6.07 Å². The maximum Gasteiger partial charge on any atom is 0.417 e. The summed E-state index contributed by atoms with van der Waals surface area (Å²) in [6, 6.07) is 9.28. The lowest BCUT2D eigenvalue weighted by atomic mass is 9.95. The van der Waals surface area contributed by atoms with Gasteiger partial charge in [-0.3, -0.25) is 9.59 Å². The summed E-state index contributed by atoms with van der Waals surface area (Å²) in [4.78, 5) is 32.8. The van der Waals surface area contributed by atoms with Crippen molar-refractivity contribution >= 4 is 23.3 Å². The average Bonchev–Trinajstić information content (AvgIpc) is 2.79. The highest BCUT2D eigenvalue weighted by Gasteiger charge is 2.31. The van der Waals surface area contributed by atoms with E-state index in [1.807, 2.05) is 18.7 Å². The molecule has 1 aliphatic heterocycles. The van der Waals surface area contributed by atoms with Crippen molar-refractivity contribution in [1.82, 2.24) is 9.88 Å². The molecule has 3 rings (SSSR count). The summed E-state index contributed by atoms with van der Waals surface area (Å²) in [6.07, 6.45) is -2.45. The van der Waals surface area contributed by atoms with Gasteiger partial charge < -0.3 is 15.1 Å². The number of hydrogen-bond donors (Lipinski definition) is 1. The first kappa shape index (κ1) is 23.6. The summed E-state index contributed by atoms with van der Waals surface area (Å²) in [5.41, 5.74) is 0.312. The molecule has 0 bridgehead atoms. The molecule has 0 aliphatic carbocycles. The van der Waals surface area contributed by atoms with E-state index in [2.05, 4.69) is 10.3 Å². The number of halogens is 3. The molecule has 2 heterocycles. The van der Waals surface area contributed by atoms with Crippen molar-refractivity contribution in [2.45, 2.75) is 32.9 Å². The van der Waals surface area contributed by atoms with E-state index in [1.54, 1.807) is 29.2 Å². The van der Waals surface area contributed by atoms with Crippen molar-refractivity contribution in [2.24, 2.45) is 5.92 Å². The lowest BCUT2D eigenvalue weighted by molar-refractivity contribution is -0.137. The standard InChI is InChI=1S/C23H27F3N4O2/c1-3-29(4-2)22(32)17-6-5-7-19(14-17)28-21(31)16-10-12-30(13-11-16)20-9-8-18(15-27-20)23(24,25)26/h5-9,14-16H,3-4,10-13H2,1-2H3,(H,28,31). The van der Waals surface area contributed by atoms with Crippen LogP contribution in [-0.4, -0.2) is 47.9 Å². The van der Waals surface area contributed by atoms with Gasteiger partial charge in [0.2, 0.25) is 5.91 Å². The highest BCUT2D eigenvalue weighted by molar-refractivity contribution is 5.97. The zero-order chi connectivity index (χ0) is 23.3. The third-order valence-electron chi connectivity index (χ3n) is 5.69. The molecule has 2 amide bonds. The largest absolute Gasteiger partial charge is 0.417 e. The quantitative estimate of drug-likeness (QED) is 0.710. The molecule has 0 atom stereocenters. The van der Waals surface area contributed by atoms with Crippen LogP contribution in [-0.2, 0) is 11.0 Å². The summed E-state index contributed by atoms with van der Waals surface area (Å²) in [6.45, 7) is 6.10. The predicted octanol–water partition coefficient (Wildman–Crippen LogP) is 4.44. The number of carbonyl (C=O) groups excluding carboxylic acids is 2. The summed E-state index contributed by atoms with van der Waals surface area (Å²) in [5, 5.41) is 2.89. The van der Waals surface area contributed by atoms with Gasteiger partial charge in [0.05, 0.1) is 5.56 Å². The van der Waals surface area contributed by atoms with E-state index in [9.17, 15) is 22.8 Å². The lowest BCUT2D eigenvalue weighted by Gasteiger charge is -2.32. The Balaban J connectivity index is 1.57. The number of nitrogens with zero attached hydrogens (tertiary/aromatic N) is 3. The van der Waals surface area contributed by atoms with Gasteiger partial charge in [0.15, 0.2) is 0 Å². The average molecular weight is 448 g/mol. The molecule has 0 saturated carbocycles. The summed E-state index contributed by atoms with van der Waals surface area (Å²) < 4.78 is 38.1. The fourth-order valence-corrected chi connectivity index (χ4v) is 3.78. The number of piperidine rings is 1. The van der Waals surface area contributed by atoms with E-state index < -0.39 is 11.7 Å². The molecule has 0 unspecified atom stereocenters. The maximum absolute atomic E-state index is 12.7.